The van der Waals surface area contributed by atoms with Gasteiger partial charge in [0.15, 0.2) is 0 Å². The number of tetrazole rings is 1. The smallest absolute Gasteiger partial charge is 0.270 e. The van der Waals surface area contributed by atoms with Gasteiger partial charge in [0.05, 0.1) is 12.6 Å². The molecular formula is C7H14N6O. The molecule has 0 fully saturated rings. The molecule has 0 spiro atoms. The fraction of sp³-hybridized carbons (Fsp3) is 0.714. The van der Waals surface area contributed by atoms with Crippen molar-refractivity contribution in [3.05, 3.63) is 0 Å². The second-order valence-electron chi connectivity index (χ2n) is 3.43. The van der Waals surface area contributed by atoms with Crippen molar-refractivity contribution in [1.82, 2.24) is 25.5 Å². The summed E-state index contributed by atoms with van der Waals surface area (Å²) in [6.07, 6.45) is 0. The van der Waals surface area contributed by atoms with Crippen LogP contribution in [0.15, 0.2) is 0 Å². The highest BCUT2D eigenvalue weighted by molar-refractivity contribution is 5.96. The molecule has 0 aliphatic carbocycles. The van der Waals surface area contributed by atoms with E-state index < -0.39 is 5.54 Å². The summed E-state index contributed by atoms with van der Waals surface area (Å²) in [5.74, 6) is 0.00817. The first kappa shape index (κ1) is 10.6. The summed E-state index contributed by atoms with van der Waals surface area (Å²) < 4.78 is 0. The Kier molecular flexibility index (Phi) is 2.80. The minimum Gasteiger partial charge on any atom is -0.307 e. The van der Waals surface area contributed by atoms with E-state index in [-0.39, 0.29) is 11.9 Å². The van der Waals surface area contributed by atoms with Crippen molar-refractivity contribution in [2.45, 2.75) is 19.4 Å². The van der Waals surface area contributed by atoms with Crippen LogP contribution in [0.25, 0.3) is 0 Å². The lowest BCUT2D eigenvalue weighted by molar-refractivity contribution is -0.121. The quantitative estimate of drug-likeness (QED) is 0.660. The standard InChI is InChI=1S/C7H14N6O/c1-7(2,8-3)5(14)9-6-10-12-13(4)11-6/h8H,1-4H3,(H,9,11,14). The van der Waals surface area contributed by atoms with Gasteiger partial charge in [0, 0.05) is 0 Å². The lowest BCUT2D eigenvalue weighted by Gasteiger charge is -2.21. The number of hydrogen-bond donors (Lipinski definition) is 2. The number of aromatic nitrogens is 4. The maximum absolute atomic E-state index is 11.6. The van der Waals surface area contributed by atoms with E-state index in [1.807, 2.05) is 0 Å². The maximum atomic E-state index is 11.6. The molecule has 0 aliphatic heterocycles. The number of carbonyl (C=O) groups is 1. The molecule has 0 aromatic carbocycles. The van der Waals surface area contributed by atoms with E-state index in [1.54, 1.807) is 27.9 Å². The highest BCUT2D eigenvalue weighted by Gasteiger charge is 2.26. The van der Waals surface area contributed by atoms with Crippen molar-refractivity contribution < 1.29 is 4.79 Å². The SMILES string of the molecule is CNC(C)(C)C(=O)Nc1nnn(C)n1. The Balaban J connectivity index is 2.66. The van der Waals surface area contributed by atoms with E-state index in [9.17, 15) is 4.79 Å². The van der Waals surface area contributed by atoms with Gasteiger partial charge < -0.3 is 5.32 Å². The highest BCUT2D eigenvalue weighted by Crippen LogP contribution is 2.04. The summed E-state index contributed by atoms with van der Waals surface area (Å²) in [6.45, 7) is 3.53. The summed E-state index contributed by atoms with van der Waals surface area (Å²) in [5.41, 5.74) is -0.654. The molecule has 1 aromatic heterocycles. The van der Waals surface area contributed by atoms with Crippen molar-refractivity contribution in [2.24, 2.45) is 7.05 Å². The maximum Gasteiger partial charge on any atom is 0.270 e. The molecule has 14 heavy (non-hydrogen) atoms. The highest BCUT2D eigenvalue weighted by atomic mass is 16.2. The third-order valence-electron chi connectivity index (χ3n) is 1.93. The third-order valence-corrected chi connectivity index (χ3v) is 1.93. The molecule has 7 heteroatoms. The average molecular weight is 198 g/mol. The number of aryl methyl sites for hydroxylation is 1. The Bertz CT molecular complexity index is 331. The van der Waals surface area contributed by atoms with Crippen molar-refractivity contribution in [3.63, 3.8) is 0 Å². The van der Waals surface area contributed by atoms with Gasteiger partial charge >= 0.3 is 0 Å². The molecule has 2 N–H and O–H groups in total. The van der Waals surface area contributed by atoms with Crippen LogP contribution in [0.3, 0.4) is 0 Å². The zero-order chi connectivity index (χ0) is 10.8. The Morgan fingerprint density at radius 3 is 2.57 bits per heavy atom. The summed E-state index contributed by atoms with van der Waals surface area (Å²) in [6, 6.07) is 0. The molecule has 0 aliphatic rings. The average Bonchev–Trinajstić information content (AvgIpc) is 2.51. The summed E-state index contributed by atoms with van der Waals surface area (Å²) >= 11 is 0. The Labute approximate surface area is 81.9 Å². The molecule has 1 rings (SSSR count). The van der Waals surface area contributed by atoms with Crippen molar-refractivity contribution in [2.75, 3.05) is 12.4 Å². The number of amides is 1. The predicted octanol–water partition coefficient (Wildman–Crippen LogP) is -0.853. The first-order valence-electron chi connectivity index (χ1n) is 4.20. The Morgan fingerprint density at radius 1 is 1.50 bits per heavy atom. The van der Waals surface area contributed by atoms with E-state index in [2.05, 4.69) is 26.0 Å². The lowest BCUT2D eigenvalue weighted by atomic mass is 10.1. The number of nitrogens with one attached hydrogen (secondary N) is 2. The van der Waals surface area contributed by atoms with Crippen LogP contribution in [-0.2, 0) is 11.8 Å². The van der Waals surface area contributed by atoms with Crippen molar-refractivity contribution in [3.8, 4) is 0 Å². The number of hydrogen-bond acceptors (Lipinski definition) is 5. The number of nitrogens with zero attached hydrogens (tertiary/aromatic N) is 4. The summed E-state index contributed by atoms with van der Waals surface area (Å²) in [5, 5.41) is 16.5. The first-order chi connectivity index (χ1) is 6.45. The van der Waals surface area contributed by atoms with Gasteiger partial charge in [0.1, 0.15) is 0 Å². The van der Waals surface area contributed by atoms with E-state index >= 15 is 0 Å². The zero-order valence-corrected chi connectivity index (χ0v) is 8.70. The topological polar surface area (TPSA) is 84.7 Å². The van der Waals surface area contributed by atoms with E-state index in [0.29, 0.717) is 0 Å². The second-order valence-corrected chi connectivity index (χ2v) is 3.43. The minimum absolute atomic E-state index is 0.201. The van der Waals surface area contributed by atoms with Crippen molar-refractivity contribution in [1.29, 1.82) is 0 Å². The largest absolute Gasteiger partial charge is 0.307 e. The second kappa shape index (κ2) is 3.70. The monoisotopic (exact) mass is 198 g/mol. The van der Waals surface area contributed by atoms with Crippen LogP contribution in [0.5, 0.6) is 0 Å². The minimum atomic E-state index is -0.654. The number of likely N-dealkylation sites (N-methyl/N-ethyl adjacent to an activating group) is 1. The molecule has 7 nitrogen and oxygen atoms in total. The van der Waals surface area contributed by atoms with Crippen LogP contribution < -0.4 is 10.6 Å². The molecule has 1 amide bonds. The summed E-state index contributed by atoms with van der Waals surface area (Å²) in [4.78, 5) is 12.9. The molecule has 0 unspecified atom stereocenters. The van der Waals surface area contributed by atoms with Gasteiger partial charge in [-0.05, 0) is 26.1 Å². The molecule has 0 bridgehead atoms. The van der Waals surface area contributed by atoms with Gasteiger partial charge in [0.2, 0.25) is 5.91 Å². The normalized spacial score (nSPS) is 11.4. The van der Waals surface area contributed by atoms with E-state index in [4.69, 9.17) is 0 Å². The van der Waals surface area contributed by atoms with Gasteiger partial charge in [0.25, 0.3) is 5.95 Å². The van der Waals surface area contributed by atoms with Gasteiger partial charge in [-0.3, -0.25) is 10.1 Å². The summed E-state index contributed by atoms with van der Waals surface area (Å²) in [7, 11) is 3.34. The van der Waals surface area contributed by atoms with Crippen LogP contribution in [0.4, 0.5) is 5.95 Å². The van der Waals surface area contributed by atoms with E-state index in [1.165, 1.54) is 4.80 Å². The molecule has 0 radical (unpaired) electrons. The van der Waals surface area contributed by atoms with Crippen LogP contribution in [-0.4, -0.2) is 38.7 Å². The zero-order valence-electron chi connectivity index (χ0n) is 8.70. The predicted molar refractivity (Wildman–Crippen MR) is 50.6 cm³/mol. The number of carbonyl (C=O) groups excluding carboxylic acids is 1. The lowest BCUT2D eigenvalue weighted by Crippen LogP contribution is -2.48. The van der Waals surface area contributed by atoms with Gasteiger partial charge in [-0.15, -0.1) is 5.10 Å². The fourth-order valence-electron chi connectivity index (χ4n) is 0.705. The molecule has 78 valence electrons. The van der Waals surface area contributed by atoms with Crippen LogP contribution in [0, 0.1) is 0 Å². The molecular weight excluding hydrogens is 184 g/mol. The van der Waals surface area contributed by atoms with E-state index in [0.717, 1.165) is 0 Å². The Morgan fingerprint density at radius 2 is 2.14 bits per heavy atom. The fourth-order valence-corrected chi connectivity index (χ4v) is 0.705. The van der Waals surface area contributed by atoms with Gasteiger partial charge in [-0.1, -0.05) is 5.10 Å². The van der Waals surface area contributed by atoms with Crippen LogP contribution in [0.1, 0.15) is 13.8 Å². The van der Waals surface area contributed by atoms with Gasteiger partial charge in [-0.2, -0.15) is 4.80 Å². The molecule has 0 saturated carbocycles. The number of rotatable bonds is 3. The third kappa shape index (κ3) is 2.25. The van der Waals surface area contributed by atoms with Crippen molar-refractivity contribution >= 4 is 11.9 Å². The first-order valence-corrected chi connectivity index (χ1v) is 4.20. The molecule has 1 aromatic rings. The van der Waals surface area contributed by atoms with Crippen LogP contribution >= 0.6 is 0 Å². The Hall–Kier alpha value is -1.50. The van der Waals surface area contributed by atoms with Gasteiger partial charge in [-0.25, -0.2) is 0 Å². The number of anilines is 1. The molecule has 0 saturated heterocycles. The van der Waals surface area contributed by atoms with Crippen LogP contribution in [0.2, 0.25) is 0 Å². The molecule has 1 heterocycles. The molecule has 0 atom stereocenters.